The first-order chi connectivity index (χ1) is 12.9. The van der Waals surface area contributed by atoms with E-state index in [9.17, 15) is 0 Å². The van der Waals surface area contributed by atoms with Gasteiger partial charge in [0.1, 0.15) is 11.6 Å². The second kappa shape index (κ2) is 6.44. The zero-order valence-electron chi connectivity index (χ0n) is 14.7. The highest BCUT2D eigenvalue weighted by Gasteiger charge is 2.21. The Balaban J connectivity index is 1.28. The number of hydrogen-bond acceptors (Lipinski definition) is 7. The van der Waals surface area contributed by atoms with E-state index in [0.29, 0.717) is 0 Å². The summed E-state index contributed by atoms with van der Waals surface area (Å²) in [5.41, 5.74) is 0.881. The second-order valence-electron chi connectivity index (χ2n) is 6.80. The van der Waals surface area contributed by atoms with Crippen LogP contribution in [-0.2, 0) is 0 Å². The van der Waals surface area contributed by atoms with Crippen molar-refractivity contribution in [1.29, 1.82) is 0 Å². The van der Waals surface area contributed by atoms with E-state index in [1.807, 2.05) is 30.6 Å². The fourth-order valence-corrected chi connectivity index (χ4v) is 3.73. The molecule has 134 valence electrons. The number of nitrogens with zero attached hydrogens (tertiary/aromatic N) is 8. The number of fused-ring (bicyclic) bond motifs is 1. The summed E-state index contributed by atoms with van der Waals surface area (Å²) >= 11 is 0. The van der Waals surface area contributed by atoms with Crippen LogP contribution in [0, 0.1) is 0 Å². The van der Waals surface area contributed by atoms with Crippen LogP contribution in [0.5, 0.6) is 0 Å². The second-order valence-corrected chi connectivity index (χ2v) is 6.80. The van der Waals surface area contributed by atoms with Gasteiger partial charge in [0, 0.05) is 57.7 Å². The average molecular weight is 350 g/mol. The number of aromatic nitrogens is 5. The van der Waals surface area contributed by atoms with Gasteiger partial charge < -0.3 is 14.7 Å². The molecule has 5 rings (SSSR count). The highest BCUT2D eigenvalue weighted by atomic mass is 15.4. The van der Waals surface area contributed by atoms with Gasteiger partial charge in [0.2, 0.25) is 5.95 Å². The maximum absolute atomic E-state index is 4.81. The van der Waals surface area contributed by atoms with Crippen LogP contribution in [0.1, 0.15) is 12.8 Å². The molecule has 8 heteroatoms. The third-order valence-corrected chi connectivity index (χ3v) is 5.19. The topological polar surface area (TPSA) is 65.7 Å². The first kappa shape index (κ1) is 15.4. The number of anilines is 3. The first-order valence-corrected chi connectivity index (χ1v) is 9.25. The summed E-state index contributed by atoms with van der Waals surface area (Å²) in [6, 6.07) is 5.98. The third kappa shape index (κ3) is 2.81. The van der Waals surface area contributed by atoms with Gasteiger partial charge >= 0.3 is 0 Å². The standard InChI is InChI=1S/C18H22N8/c1-2-9-23(8-1)15-3-6-19-18(22-15)25-13-11-24(12-14-25)16-5-10-26-17(21-16)4-7-20-26/h3-7,10H,1-2,8-9,11-14H2. The van der Waals surface area contributed by atoms with E-state index in [-0.39, 0.29) is 0 Å². The van der Waals surface area contributed by atoms with E-state index in [2.05, 4.69) is 24.8 Å². The molecule has 2 aliphatic heterocycles. The molecule has 0 aliphatic carbocycles. The lowest BCUT2D eigenvalue weighted by molar-refractivity contribution is 0.634. The monoisotopic (exact) mass is 350 g/mol. The molecule has 0 radical (unpaired) electrons. The van der Waals surface area contributed by atoms with Crippen molar-refractivity contribution in [3.63, 3.8) is 0 Å². The Bertz CT molecular complexity index is 893. The Labute approximate surface area is 152 Å². The molecule has 26 heavy (non-hydrogen) atoms. The zero-order chi connectivity index (χ0) is 17.3. The Morgan fingerprint density at radius 1 is 0.692 bits per heavy atom. The van der Waals surface area contributed by atoms with Gasteiger partial charge in [0.25, 0.3) is 0 Å². The third-order valence-electron chi connectivity index (χ3n) is 5.19. The van der Waals surface area contributed by atoms with E-state index in [4.69, 9.17) is 9.97 Å². The van der Waals surface area contributed by atoms with E-state index in [1.165, 1.54) is 12.8 Å². The average Bonchev–Trinajstić information content (AvgIpc) is 3.39. The summed E-state index contributed by atoms with van der Waals surface area (Å²) in [5, 5.41) is 4.20. The van der Waals surface area contributed by atoms with E-state index < -0.39 is 0 Å². The van der Waals surface area contributed by atoms with Gasteiger partial charge in [-0.1, -0.05) is 0 Å². The van der Waals surface area contributed by atoms with Gasteiger partial charge in [0.05, 0.1) is 6.20 Å². The van der Waals surface area contributed by atoms with Crippen molar-refractivity contribution >= 4 is 23.2 Å². The Morgan fingerprint density at radius 2 is 1.42 bits per heavy atom. The number of hydrogen-bond donors (Lipinski definition) is 0. The normalized spacial score (nSPS) is 18.1. The van der Waals surface area contributed by atoms with E-state index in [1.54, 1.807) is 10.7 Å². The predicted octanol–water partition coefficient (Wildman–Crippen LogP) is 1.45. The molecule has 0 bridgehead atoms. The van der Waals surface area contributed by atoms with Crippen LogP contribution in [0.2, 0.25) is 0 Å². The van der Waals surface area contributed by atoms with Crippen LogP contribution in [0.25, 0.3) is 5.65 Å². The number of piperazine rings is 1. The summed E-state index contributed by atoms with van der Waals surface area (Å²) in [6.07, 6.45) is 8.14. The van der Waals surface area contributed by atoms with E-state index in [0.717, 1.165) is 62.5 Å². The van der Waals surface area contributed by atoms with Gasteiger partial charge in [-0.3, -0.25) is 0 Å². The molecule has 8 nitrogen and oxygen atoms in total. The lowest BCUT2D eigenvalue weighted by Crippen LogP contribution is -2.47. The van der Waals surface area contributed by atoms with Crippen LogP contribution in [0.4, 0.5) is 17.6 Å². The maximum Gasteiger partial charge on any atom is 0.227 e. The minimum Gasteiger partial charge on any atom is -0.356 e. The molecular formula is C18H22N8. The summed E-state index contributed by atoms with van der Waals surface area (Å²) in [5.74, 6) is 2.90. The molecule has 0 atom stereocenters. The molecule has 0 saturated carbocycles. The molecule has 0 amide bonds. The molecule has 3 aromatic rings. The molecule has 2 fully saturated rings. The number of rotatable bonds is 3. The molecular weight excluding hydrogens is 328 g/mol. The molecule has 0 unspecified atom stereocenters. The van der Waals surface area contributed by atoms with Crippen LogP contribution >= 0.6 is 0 Å². The van der Waals surface area contributed by atoms with Gasteiger partial charge in [-0.05, 0) is 25.0 Å². The Kier molecular flexibility index (Phi) is 3.80. The van der Waals surface area contributed by atoms with Gasteiger partial charge in [-0.25, -0.2) is 14.5 Å². The Morgan fingerprint density at radius 3 is 2.27 bits per heavy atom. The molecule has 0 N–H and O–H groups in total. The quantitative estimate of drug-likeness (QED) is 0.708. The molecule has 2 aliphatic rings. The largest absolute Gasteiger partial charge is 0.356 e. The SMILES string of the molecule is c1cc(N2CCCC2)nc(N2CCN(c3ccn4nccc4n3)CC2)n1. The molecule has 5 heterocycles. The molecule has 2 saturated heterocycles. The minimum atomic E-state index is 0.841. The zero-order valence-corrected chi connectivity index (χ0v) is 14.7. The van der Waals surface area contributed by atoms with Crippen molar-refractivity contribution in [1.82, 2.24) is 24.6 Å². The predicted molar refractivity (Wildman–Crippen MR) is 101 cm³/mol. The van der Waals surface area contributed by atoms with Gasteiger partial charge in [-0.2, -0.15) is 10.1 Å². The fraction of sp³-hybridized carbons (Fsp3) is 0.444. The van der Waals surface area contributed by atoms with Crippen molar-refractivity contribution in [3.05, 3.63) is 36.8 Å². The fourth-order valence-electron chi connectivity index (χ4n) is 3.73. The first-order valence-electron chi connectivity index (χ1n) is 9.25. The summed E-state index contributed by atoms with van der Waals surface area (Å²) in [4.78, 5) is 20.9. The molecule has 0 aromatic carbocycles. The van der Waals surface area contributed by atoms with Gasteiger partial charge in [0.15, 0.2) is 5.65 Å². The van der Waals surface area contributed by atoms with Crippen LogP contribution in [-0.4, -0.2) is 63.8 Å². The van der Waals surface area contributed by atoms with Crippen LogP contribution < -0.4 is 14.7 Å². The minimum absolute atomic E-state index is 0.841. The van der Waals surface area contributed by atoms with Crippen molar-refractivity contribution in [2.75, 3.05) is 54.0 Å². The summed E-state index contributed by atoms with van der Waals surface area (Å²) < 4.78 is 1.79. The molecule has 3 aromatic heterocycles. The van der Waals surface area contributed by atoms with E-state index >= 15 is 0 Å². The van der Waals surface area contributed by atoms with Crippen molar-refractivity contribution in [2.45, 2.75) is 12.8 Å². The summed E-state index contributed by atoms with van der Waals surface area (Å²) in [7, 11) is 0. The van der Waals surface area contributed by atoms with Crippen LogP contribution in [0.3, 0.4) is 0 Å². The van der Waals surface area contributed by atoms with Crippen LogP contribution in [0.15, 0.2) is 36.8 Å². The van der Waals surface area contributed by atoms with Crippen molar-refractivity contribution in [3.8, 4) is 0 Å². The highest BCUT2D eigenvalue weighted by molar-refractivity contribution is 5.50. The lowest BCUT2D eigenvalue weighted by atomic mass is 10.3. The summed E-state index contributed by atoms with van der Waals surface area (Å²) in [6.45, 7) is 5.83. The smallest absolute Gasteiger partial charge is 0.227 e. The van der Waals surface area contributed by atoms with Crippen molar-refractivity contribution in [2.24, 2.45) is 0 Å². The highest BCUT2D eigenvalue weighted by Crippen LogP contribution is 2.21. The molecule has 0 spiro atoms. The van der Waals surface area contributed by atoms with Crippen molar-refractivity contribution < 1.29 is 0 Å². The Hall–Kier alpha value is -2.90. The maximum atomic E-state index is 4.81. The lowest BCUT2D eigenvalue weighted by Gasteiger charge is -2.35. The van der Waals surface area contributed by atoms with Gasteiger partial charge in [-0.15, -0.1) is 0 Å².